The van der Waals surface area contributed by atoms with E-state index in [1.807, 2.05) is 0 Å². The maximum atomic E-state index is 13.1. The van der Waals surface area contributed by atoms with Gasteiger partial charge in [-0.05, 0) is 25.5 Å². The highest BCUT2D eigenvalue weighted by Crippen LogP contribution is 2.53. The fourth-order valence-electron chi connectivity index (χ4n) is 3.29. The van der Waals surface area contributed by atoms with Crippen LogP contribution >= 0.6 is 34.8 Å². The molecule has 0 bridgehead atoms. The summed E-state index contributed by atoms with van der Waals surface area (Å²) in [5.41, 5.74) is 0.932. The highest BCUT2D eigenvalue weighted by Gasteiger charge is 2.54. The molecule has 0 spiro atoms. The molecule has 14 heteroatoms. The smallest absolute Gasteiger partial charge is 0.252 e. The molecule has 1 aliphatic rings. The summed E-state index contributed by atoms with van der Waals surface area (Å²) in [6.45, 7) is 0.477. The second-order valence-corrected chi connectivity index (χ2v) is 11.5. The van der Waals surface area contributed by atoms with E-state index in [1.54, 1.807) is 37.6 Å². The van der Waals surface area contributed by atoms with Gasteiger partial charge in [-0.2, -0.15) is 9.40 Å². The van der Waals surface area contributed by atoms with E-state index in [9.17, 15) is 22.0 Å². The van der Waals surface area contributed by atoms with Crippen molar-refractivity contribution >= 4 is 56.4 Å². The van der Waals surface area contributed by atoms with Gasteiger partial charge in [0.1, 0.15) is 10.0 Å². The molecule has 3 rings (SSSR count). The van der Waals surface area contributed by atoms with E-state index >= 15 is 0 Å². The molecule has 0 N–H and O–H groups in total. The lowest BCUT2D eigenvalue weighted by Crippen LogP contribution is -2.41. The summed E-state index contributed by atoms with van der Waals surface area (Å²) in [6, 6.07) is 3.47. The molecule has 1 amide bonds. The van der Waals surface area contributed by atoms with Gasteiger partial charge in [0.05, 0.1) is 30.4 Å². The molecule has 0 radical (unpaired) electrons. The zero-order chi connectivity index (χ0) is 24.4. The van der Waals surface area contributed by atoms with Crippen molar-refractivity contribution in [1.82, 2.24) is 19.1 Å². The van der Waals surface area contributed by atoms with Crippen LogP contribution < -0.4 is 4.90 Å². The normalized spacial score (nSPS) is 17.5. The number of carbonyl (C=O) groups excluding carboxylic acids is 1. The first kappa shape index (κ1) is 26.1. The number of aromatic nitrogens is 3. The Hall–Kier alpha value is -1.53. The van der Waals surface area contributed by atoms with Crippen molar-refractivity contribution in [3.8, 4) is 5.69 Å². The molecule has 182 valence electrons. The van der Waals surface area contributed by atoms with Crippen LogP contribution in [0.3, 0.4) is 0 Å². The second kappa shape index (κ2) is 10.4. The first-order valence-corrected chi connectivity index (χ1v) is 12.8. The minimum Gasteiger partial charge on any atom is -0.308 e. The molecule has 8 nitrogen and oxygen atoms in total. The van der Waals surface area contributed by atoms with Crippen molar-refractivity contribution in [2.45, 2.75) is 30.5 Å². The molecule has 0 aromatic carbocycles. The van der Waals surface area contributed by atoms with Crippen LogP contribution in [0.25, 0.3) is 5.69 Å². The highest BCUT2D eigenvalue weighted by atomic mass is 35.5. The molecular formula is C19H22Cl3F2N5O3S. The van der Waals surface area contributed by atoms with Gasteiger partial charge in [-0.25, -0.2) is 21.9 Å². The summed E-state index contributed by atoms with van der Waals surface area (Å²) in [7, 11) is -4.09. The van der Waals surface area contributed by atoms with Crippen molar-refractivity contribution in [3.63, 3.8) is 0 Å². The molecule has 2 aromatic heterocycles. The predicted octanol–water partition coefficient (Wildman–Crippen LogP) is 3.75. The van der Waals surface area contributed by atoms with Gasteiger partial charge < -0.3 is 4.90 Å². The summed E-state index contributed by atoms with van der Waals surface area (Å²) in [5.74, 6) is -1.48. The Morgan fingerprint density at radius 1 is 1.39 bits per heavy atom. The van der Waals surface area contributed by atoms with Crippen LogP contribution in [0, 0.1) is 5.92 Å². The Balaban J connectivity index is 1.72. The third-order valence-corrected chi connectivity index (χ3v) is 8.28. The maximum absolute atomic E-state index is 13.1. The first-order chi connectivity index (χ1) is 15.4. The molecule has 1 unspecified atom stereocenters. The third kappa shape index (κ3) is 6.54. The number of halogens is 5. The largest absolute Gasteiger partial charge is 0.308 e. The number of hydrogen-bond donors (Lipinski definition) is 0. The number of hydrogen-bond acceptors (Lipinski definition) is 5. The molecule has 1 fully saturated rings. The number of sulfonamides is 1. The highest BCUT2D eigenvalue weighted by molar-refractivity contribution is 7.89. The Morgan fingerprint density at radius 3 is 2.64 bits per heavy atom. The lowest BCUT2D eigenvalue weighted by molar-refractivity contribution is -0.118. The summed E-state index contributed by atoms with van der Waals surface area (Å²) in [6.07, 6.45) is 1.74. The lowest BCUT2D eigenvalue weighted by Gasteiger charge is -2.24. The number of pyridine rings is 1. The van der Waals surface area contributed by atoms with Gasteiger partial charge >= 0.3 is 0 Å². The zero-order valence-corrected chi connectivity index (χ0v) is 20.6. The summed E-state index contributed by atoms with van der Waals surface area (Å²) < 4.78 is 52.3. The number of alkyl halides is 4. The van der Waals surface area contributed by atoms with Crippen molar-refractivity contribution < 1.29 is 22.0 Å². The van der Waals surface area contributed by atoms with Crippen LogP contribution in [-0.2, 0) is 14.8 Å². The Bertz CT molecular complexity index is 1090. The van der Waals surface area contributed by atoms with E-state index < -0.39 is 51.4 Å². The van der Waals surface area contributed by atoms with Crippen molar-refractivity contribution in [3.05, 3.63) is 35.9 Å². The third-order valence-electron chi connectivity index (χ3n) is 5.15. The number of rotatable bonds is 11. The molecule has 2 aromatic rings. The minimum absolute atomic E-state index is 0.0559. The van der Waals surface area contributed by atoms with E-state index in [0.717, 1.165) is 0 Å². The number of amides is 1. The maximum Gasteiger partial charge on any atom is 0.252 e. The second-order valence-electron chi connectivity index (χ2n) is 7.54. The van der Waals surface area contributed by atoms with Gasteiger partial charge in [-0.3, -0.25) is 9.78 Å². The van der Waals surface area contributed by atoms with E-state index in [4.69, 9.17) is 34.8 Å². The number of nitrogens with zero attached hydrogens (tertiary/aromatic N) is 5. The first-order valence-electron chi connectivity index (χ1n) is 10.0. The quantitative estimate of drug-likeness (QED) is 0.402. The standard InChI is InChI=1S/C19H22Cl3F2N5O3S/c1-2-28(15-10-29(26-18(15)20)14-4-3-6-25-9-14)17(30)5-7-27(11-16(23)24)33(31,32)12-13-8-19(13,21)22/h3-4,6,9-10,13,16H,2,5,7-8,11-12H2,1H3. The number of carbonyl (C=O) groups is 1. The lowest BCUT2D eigenvalue weighted by atomic mass is 10.3. The van der Waals surface area contributed by atoms with Gasteiger partial charge in [0, 0.05) is 31.6 Å². The van der Waals surface area contributed by atoms with Crippen molar-refractivity contribution in [2.75, 3.05) is 30.3 Å². The Morgan fingerprint density at radius 2 is 2.09 bits per heavy atom. The van der Waals surface area contributed by atoms with Crippen LogP contribution in [0.15, 0.2) is 30.7 Å². The Labute approximate surface area is 205 Å². The van der Waals surface area contributed by atoms with Crippen LogP contribution in [0.4, 0.5) is 14.5 Å². The zero-order valence-electron chi connectivity index (χ0n) is 17.5. The fourth-order valence-corrected chi connectivity index (χ4v) is 6.06. The van der Waals surface area contributed by atoms with Crippen LogP contribution in [0.1, 0.15) is 19.8 Å². The van der Waals surface area contributed by atoms with Crippen LogP contribution in [-0.4, -0.2) is 69.5 Å². The molecular weight excluding hydrogens is 523 g/mol. The topological polar surface area (TPSA) is 88.4 Å². The van der Waals surface area contributed by atoms with Crippen molar-refractivity contribution in [1.29, 1.82) is 0 Å². The average Bonchev–Trinajstić information content (AvgIpc) is 3.14. The molecule has 33 heavy (non-hydrogen) atoms. The number of anilines is 1. The van der Waals surface area contributed by atoms with Gasteiger partial charge in [0.2, 0.25) is 15.9 Å². The van der Waals surface area contributed by atoms with Crippen LogP contribution in [0.5, 0.6) is 0 Å². The van der Waals surface area contributed by atoms with E-state index in [2.05, 4.69) is 10.1 Å². The SMILES string of the molecule is CCN(C(=O)CCN(CC(F)F)S(=O)(=O)CC1CC1(Cl)Cl)c1cn(-c2cccnc2)nc1Cl. The van der Waals surface area contributed by atoms with E-state index in [0.29, 0.717) is 15.7 Å². The molecule has 2 heterocycles. The predicted molar refractivity (Wildman–Crippen MR) is 123 cm³/mol. The van der Waals surface area contributed by atoms with Crippen molar-refractivity contribution in [2.24, 2.45) is 5.92 Å². The van der Waals surface area contributed by atoms with Crippen LogP contribution in [0.2, 0.25) is 5.15 Å². The summed E-state index contributed by atoms with van der Waals surface area (Å²) >= 11 is 18.0. The monoisotopic (exact) mass is 543 g/mol. The van der Waals surface area contributed by atoms with Gasteiger partial charge in [-0.15, -0.1) is 23.2 Å². The summed E-state index contributed by atoms with van der Waals surface area (Å²) in [4.78, 5) is 18.2. The molecule has 1 saturated carbocycles. The Kier molecular flexibility index (Phi) is 8.21. The van der Waals surface area contributed by atoms with E-state index in [-0.39, 0.29) is 24.5 Å². The fraction of sp³-hybridized carbons (Fsp3) is 0.526. The van der Waals surface area contributed by atoms with Gasteiger partial charge in [-0.1, -0.05) is 11.6 Å². The summed E-state index contributed by atoms with van der Waals surface area (Å²) in [5, 5.41) is 4.23. The minimum atomic E-state index is -4.09. The van der Waals surface area contributed by atoms with E-state index in [1.165, 1.54) is 9.58 Å². The average molecular weight is 545 g/mol. The molecule has 1 aliphatic carbocycles. The van der Waals surface area contributed by atoms with Gasteiger partial charge in [0.15, 0.2) is 5.15 Å². The van der Waals surface area contributed by atoms with Gasteiger partial charge in [0.25, 0.3) is 6.43 Å². The molecule has 0 aliphatic heterocycles. The molecule has 1 atom stereocenters. The molecule has 0 saturated heterocycles.